The summed E-state index contributed by atoms with van der Waals surface area (Å²) in [4.78, 5) is 27.0. The molecule has 1 atom stereocenters. The van der Waals surface area contributed by atoms with E-state index in [1.807, 2.05) is 18.2 Å². The van der Waals surface area contributed by atoms with Crippen molar-refractivity contribution in [2.45, 2.75) is 33.1 Å². The molecule has 0 spiro atoms. The first-order valence-electron chi connectivity index (χ1n) is 9.11. The number of rotatable bonds is 5. The maximum atomic E-state index is 13.3. The van der Waals surface area contributed by atoms with E-state index in [0.29, 0.717) is 12.2 Å². The van der Waals surface area contributed by atoms with Gasteiger partial charge in [-0.05, 0) is 42.2 Å². The normalized spacial score (nSPS) is 16.7. The van der Waals surface area contributed by atoms with Gasteiger partial charge in [0.15, 0.2) is 0 Å². The molecule has 0 aliphatic carbocycles. The number of nitrogens with one attached hydrogen (secondary N) is 1. The largest absolute Gasteiger partial charge is 0.326 e. The Morgan fingerprint density at radius 1 is 1.22 bits per heavy atom. The number of carbonyl (C=O) groups is 2. The van der Waals surface area contributed by atoms with Crippen molar-refractivity contribution in [3.63, 3.8) is 0 Å². The number of halogens is 2. The lowest BCUT2D eigenvalue weighted by Gasteiger charge is -2.23. The standard InChI is InChI=1S/C21H22ClFN2O2/c1-3-13-6-5-7-14(4-2)20(13)25-12-15(10-19(25)26)21(27)24-16-8-9-18(23)17(22)11-16/h5-9,11,15H,3-4,10,12H2,1-2H3,(H,24,27). The lowest BCUT2D eigenvalue weighted by molar-refractivity contribution is -0.122. The third-order valence-corrected chi connectivity index (χ3v) is 5.21. The van der Waals surface area contributed by atoms with Crippen molar-refractivity contribution in [3.8, 4) is 0 Å². The Kier molecular flexibility index (Phi) is 5.80. The van der Waals surface area contributed by atoms with Crippen LogP contribution in [0.2, 0.25) is 5.02 Å². The maximum absolute atomic E-state index is 13.3. The number of aryl methyl sites for hydroxylation is 2. The predicted octanol–water partition coefficient (Wildman–Crippen LogP) is 4.60. The zero-order valence-electron chi connectivity index (χ0n) is 15.4. The van der Waals surface area contributed by atoms with Crippen LogP contribution in [0.3, 0.4) is 0 Å². The topological polar surface area (TPSA) is 49.4 Å². The second-order valence-corrected chi connectivity index (χ2v) is 7.06. The molecular weight excluding hydrogens is 367 g/mol. The van der Waals surface area contributed by atoms with Gasteiger partial charge in [0.2, 0.25) is 11.8 Å². The molecule has 0 radical (unpaired) electrons. The van der Waals surface area contributed by atoms with E-state index in [2.05, 4.69) is 19.2 Å². The van der Waals surface area contributed by atoms with Gasteiger partial charge in [-0.3, -0.25) is 9.59 Å². The van der Waals surface area contributed by atoms with Gasteiger partial charge in [-0.1, -0.05) is 43.6 Å². The molecule has 4 nitrogen and oxygen atoms in total. The minimum Gasteiger partial charge on any atom is -0.326 e. The maximum Gasteiger partial charge on any atom is 0.229 e. The Labute approximate surface area is 163 Å². The van der Waals surface area contributed by atoms with E-state index in [1.165, 1.54) is 18.2 Å². The molecule has 2 amide bonds. The molecule has 1 saturated heterocycles. The zero-order chi connectivity index (χ0) is 19.6. The Bertz CT molecular complexity index is 862. The van der Waals surface area contributed by atoms with Gasteiger partial charge in [-0.2, -0.15) is 0 Å². The summed E-state index contributed by atoms with van der Waals surface area (Å²) < 4.78 is 13.3. The first-order chi connectivity index (χ1) is 12.9. The third kappa shape index (κ3) is 3.98. The molecule has 2 aromatic rings. The highest BCUT2D eigenvalue weighted by Crippen LogP contribution is 2.33. The van der Waals surface area contributed by atoms with Crippen LogP contribution in [-0.2, 0) is 22.4 Å². The molecule has 1 heterocycles. The van der Waals surface area contributed by atoms with Crippen molar-refractivity contribution < 1.29 is 14.0 Å². The zero-order valence-corrected chi connectivity index (χ0v) is 16.1. The summed E-state index contributed by atoms with van der Waals surface area (Å²) in [5, 5.41) is 2.68. The average Bonchev–Trinajstić information content (AvgIpc) is 3.05. The van der Waals surface area contributed by atoms with E-state index >= 15 is 0 Å². The lowest BCUT2D eigenvalue weighted by atomic mass is 10.0. The van der Waals surface area contributed by atoms with E-state index in [-0.39, 0.29) is 23.3 Å². The number of hydrogen-bond acceptors (Lipinski definition) is 2. The molecule has 142 valence electrons. The molecule has 1 aliphatic heterocycles. The minimum atomic E-state index is -0.542. The Balaban J connectivity index is 1.79. The van der Waals surface area contributed by atoms with Crippen LogP contribution in [0, 0.1) is 11.7 Å². The van der Waals surface area contributed by atoms with E-state index in [4.69, 9.17) is 11.6 Å². The molecular formula is C21H22ClFN2O2. The van der Waals surface area contributed by atoms with Gasteiger partial charge in [0.1, 0.15) is 5.82 Å². The summed E-state index contributed by atoms with van der Waals surface area (Å²) in [6, 6.07) is 10.1. The SMILES string of the molecule is CCc1cccc(CC)c1N1CC(C(=O)Nc2ccc(F)c(Cl)c2)CC1=O. The van der Waals surface area contributed by atoms with Gasteiger partial charge >= 0.3 is 0 Å². The average molecular weight is 389 g/mol. The summed E-state index contributed by atoms with van der Waals surface area (Å²) >= 11 is 5.76. The Morgan fingerprint density at radius 3 is 2.48 bits per heavy atom. The smallest absolute Gasteiger partial charge is 0.229 e. The van der Waals surface area contributed by atoms with Crippen molar-refractivity contribution >= 4 is 34.8 Å². The van der Waals surface area contributed by atoms with Crippen LogP contribution in [0.25, 0.3) is 0 Å². The summed E-state index contributed by atoms with van der Waals surface area (Å²) in [7, 11) is 0. The van der Waals surface area contributed by atoms with Crippen LogP contribution >= 0.6 is 11.6 Å². The highest BCUT2D eigenvalue weighted by Gasteiger charge is 2.36. The summed E-state index contributed by atoms with van der Waals surface area (Å²) in [6.07, 6.45) is 1.79. The van der Waals surface area contributed by atoms with Crippen molar-refractivity contribution in [1.82, 2.24) is 0 Å². The van der Waals surface area contributed by atoms with Gasteiger partial charge < -0.3 is 10.2 Å². The highest BCUT2D eigenvalue weighted by atomic mass is 35.5. The first-order valence-corrected chi connectivity index (χ1v) is 9.49. The second kappa shape index (κ2) is 8.09. The van der Waals surface area contributed by atoms with E-state index in [1.54, 1.807) is 4.90 Å². The van der Waals surface area contributed by atoms with Gasteiger partial charge in [0.05, 0.1) is 10.9 Å². The highest BCUT2D eigenvalue weighted by molar-refractivity contribution is 6.31. The molecule has 1 N–H and O–H groups in total. The summed E-state index contributed by atoms with van der Waals surface area (Å²) in [6.45, 7) is 4.45. The van der Waals surface area contributed by atoms with Gasteiger partial charge in [-0.15, -0.1) is 0 Å². The van der Waals surface area contributed by atoms with Crippen LogP contribution < -0.4 is 10.2 Å². The third-order valence-electron chi connectivity index (χ3n) is 4.92. The number of benzene rings is 2. The molecule has 6 heteroatoms. The van der Waals surface area contributed by atoms with Crippen molar-refractivity contribution in [2.75, 3.05) is 16.8 Å². The van der Waals surface area contributed by atoms with Crippen LogP contribution in [0.5, 0.6) is 0 Å². The minimum absolute atomic E-state index is 0.0529. The van der Waals surface area contributed by atoms with Crippen LogP contribution in [0.4, 0.5) is 15.8 Å². The van der Waals surface area contributed by atoms with Crippen LogP contribution in [0.1, 0.15) is 31.4 Å². The molecule has 2 aromatic carbocycles. The number of anilines is 2. The number of carbonyl (C=O) groups excluding carboxylic acids is 2. The molecule has 0 bridgehead atoms. The first kappa shape index (κ1) is 19.4. The molecule has 1 fully saturated rings. The summed E-state index contributed by atoms with van der Waals surface area (Å²) in [5.74, 6) is -1.32. The van der Waals surface area contributed by atoms with Crippen LogP contribution in [-0.4, -0.2) is 18.4 Å². The fraction of sp³-hybridized carbons (Fsp3) is 0.333. The molecule has 1 aliphatic rings. The van der Waals surface area contributed by atoms with Gasteiger partial charge in [0.25, 0.3) is 0 Å². The number of para-hydroxylation sites is 1. The molecule has 27 heavy (non-hydrogen) atoms. The number of nitrogens with zero attached hydrogens (tertiary/aromatic N) is 1. The molecule has 3 rings (SSSR count). The quantitative estimate of drug-likeness (QED) is 0.814. The predicted molar refractivity (Wildman–Crippen MR) is 106 cm³/mol. The molecule has 0 aromatic heterocycles. The van der Waals surface area contributed by atoms with Gasteiger partial charge in [-0.25, -0.2) is 4.39 Å². The number of amides is 2. The molecule has 0 saturated carbocycles. The molecule has 1 unspecified atom stereocenters. The van der Waals surface area contributed by atoms with Crippen molar-refractivity contribution in [3.05, 3.63) is 58.4 Å². The number of hydrogen-bond donors (Lipinski definition) is 1. The van der Waals surface area contributed by atoms with E-state index in [0.717, 1.165) is 29.7 Å². The monoisotopic (exact) mass is 388 g/mol. The van der Waals surface area contributed by atoms with Crippen molar-refractivity contribution in [1.29, 1.82) is 0 Å². The Hall–Kier alpha value is -2.40. The second-order valence-electron chi connectivity index (χ2n) is 6.66. The van der Waals surface area contributed by atoms with E-state index < -0.39 is 11.7 Å². The lowest BCUT2D eigenvalue weighted by Crippen LogP contribution is -2.29. The van der Waals surface area contributed by atoms with E-state index in [9.17, 15) is 14.0 Å². The van der Waals surface area contributed by atoms with Crippen molar-refractivity contribution in [2.24, 2.45) is 5.92 Å². The summed E-state index contributed by atoms with van der Waals surface area (Å²) in [5.41, 5.74) is 3.57. The fourth-order valence-electron chi connectivity index (χ4n) is 3.48. The van der Waals surface area contributed by atoms with Gasteiger partial charge in [0, 0.05) is 24.3 Å². The van der Waals surface area contributed by atoms with Crippen LogP contribution in [0.15, 0.2) is 36.4 Å². The Morgan fingerprint density at radius 2 is 1.89 bits per heavy atom. The fourth-order valence-corrected chi connectivity index (χ4v) is 3.66.